The molecule has 1 atom stereocenters. The molecule has 108 valence electrons. The first-order valence-corrected chi connectivity index (χ1v) is 6.73. The minimum absolute atomic E-state index is 0.0375. The highest BCUT2D eigenvalue weighted by atomic mass is 16.2. The summed E-state index contributed by atoms with van der Waals surface area (Å²) < 4.78 is 1.19. The second-order valence-corrected chi connectivity index (χ2v) is 5.56. The Morgan fingerprint density at radius 1 is 1.52 bits per heavy atom. The molecule has 0 spiro atoms. The van der Waals surface area contributed by atoms with Gasteiger partial charge in [0.1, 0.15) is 23.7 Å². The fraction of sp³-hybridized carbons (Fsp3) is 0.467. The number of pyridine rings is 1. The zero-order valence-electron chi connectivity index (χ0n) is 12.0. The second kappa shape index (κ2) is 5.41. The van der Waals surface area contributed by atoms with Crippen molar-refractivity contribution in [2.24, 2.45) is 5.92 Å². The van der Waals surface area contributed by atoms with Gasteiger partial charge < -0.3 is 9.88 Å². The molecule has 0 saturated heterocycles. The van der Waals surface area contributed by atoms with Gasteiger partial charge in [-0.25, -0.2) is 0 Å². The third-order valence-electron chi connectivity index (χ3n) is 3.82. The number of carbonyl (C=O) groups excluding carboxylic acids is 1. The minimum Gasteiger partial charge on any atom is -0.336 e. The summed E-state index contributed by atoms with van der Waals surface area (Å²) in [5, 5.41) is 20.9. The van der Waals surface area contributed by atoms with Crippen LogP contribution in [0.2, 0.25) is 0 Å². The van der Waals surface area contributed by atoms with E-state index in [1.165, 1.54) is 10.8 Å². The molecular formula is C15H16N4O2. The Hall–Kier alpha value is -2.60. The van der Waals surface area contributed by atoms with Crippen LogP contribution < -0.4 is 10.9 Å². The van der Waals surface area contributed by atoms with Gasteiger partial charge >= 0.3 is 0 Å². The topological polar surface area (TPSA) is 98.7 Å². The van der Waals surface area contributed by atoms with Gasteiger partial charge in [0.05, 0.1) is 6.07 Å². The molecule has 1 saturated carbocycles. The van der Waals surface area contributed by atoms with Crippen molar-refractivity contribution in [3.05, 3.63) is 33.7 Å². The van der Waals surface area contributed by atoms with E-state index in [0.29, 0.717) is 5.56 Å². The molecule has 1 fully saturated rings. The predicted octanol–water partition coefficient (Wildman–Crippen LogP) is 0.837. The number of nitrogens with zero attached hydrogens (tertiary/aromatic N) is 3. The van der Waals surface area contributed by atoms with E-state index >= 15 is 0 Å². The molecule has 0 radical (unpaired) electrons. The van der Waals surface area contributed by atoms with Gasteiger partial charge in [0, 0.05) is 6.20 Å². The molecule has 1 aliphatic rings. The lowest BCUT2D eigenvalue weighted by molar-refractivity contribution is -0.123. The van der Waals surface area contributed by atoms with Crippen molar-refractivity contribution in [1.82, 2.24) is 9.88 Å². The van der Waals surface area contributed by atoms with Crippen molar-refractivity contribution in [3.8, 4) is 12.1 Å². The fourth-order valence-corrected chi connectivity index (χ4v) is 2.29. The van der Waals surface area contributed by atoms with Gasteiger partial charge in [-0.2, -0.15) is 10.5 Å². The summed E-state index contributed by atoms with van der Waals surface area (Å²) in [6.07, 6.45) is 3.33. The Kier molecular flexibility index (Phi) is 3.82. The summed E-state index contributed by atoms with van der Waals surface area (Å²) in [4.78, 5) is 24.1. The fourth-order valence-electron chi connectivity index (χ4n) is 2.29. The Balaban J connectivity index is 2.16. The molecule has 0 unspecified atom stereocenters. The lowest BCUT2D eigenvalue weighted by Crippen LogP contribution is -2.48. The van der Waals surface area contributed by atoms with E-state index in [-0.39, 0.29) is 18.0 Å². The molecule has 0 bridgehead atoms. The van der Waals surface area contributed by atoms with E-state index in [1.54, 1.807) is 19.9 Å². The highest BCUT2D eigenvalue weighted by Crippen LogP contribution is 2.39. The van der Waals surface area contributed by atoms with Gasteiger partial charge in [0.2, 0.25) is 5.91 Å². The summed E-state index contributed by atoms with van der Waals surface area (Å²) in [5.41, 5.74) is -0.754. The van der Waals surface area contributed by atoms with Crippen LogP contribution in [0.15, 0.2) is 17.1 Å². The molecule has 21 heavy (non-hydrogen) atoms. The molecule has 1 aliphatic carbocycles. The summed E-state index contributed by atoms with van der Waals surface area (Å²) in [5.74, 6) is -0.225. The van der Waals surface area contributed by atoms with Crippen molar-refractivity contribution in [2.45, 2.75) is 38.8 Å². The lowest BCUT2D eigenvalue weighted by atomic mass is 9.98. The van der Waals surface area contributed by atoms with Crippen LogP contribution in [-0.4, -0.2) is 16.0 Å². The van der Waals surface area contributed by atoms with Gasteiger partial charge in [-0.3, -0.25) is 9.59 Å². The Bertz CT molecular complexity index is 719. The minimum atomic E-state index is -0.885. The van der Waals surface area contributed by atoms with Crippen LogP contribution >= 0.6 is 0 Å². The number of carbonyl (C=O) groups is 1. The van der Waals surface area contributed by atoms with Crippen LogP contribution in [-0.2, 0) is 11.3 Å². The van der Waals surface area contributed by atoms with Gasteiger partial charge in [-0.05, 0) is 44.2 Å². The Morgan fingerprint density at radius 3 is 2.71 bits per heavy atom. The normalized spacial score (nSPS) is 16.4. The number of amides is 1. The van der Waals surface area contributed by atoms with E-state index in [9.17, 15) is 14.9 Å². The lowest BCUT2D eigenvalue weighted by Gasteiger charge is -2.23. The molecule has 1 aromatic heterocycles. The number of hydrogen-bond acceptors (Lipinski definition) is 4. The highest BCUT2D eigenvalue weighted by molar-refractivity contribution is 5.77. The molecule has 2 rings (SSSR count). The number of nitrogens with one attached hydrogen (secondary N) is 1. The zero-order chi connectivity index (χ0) is 15.6. The predicted molar refractivity (Wildman–Crippen MR) is 75.0 cm³/mol. The molecule has 1 heterocycles. The summed E-state index contributed by atoms with van der Waals surface area (Å²) in [7, 11) is 0. The molecule has 6 heteroatoms. The van der Waals surface area contributed by atoms with E-state index in [1.807, 2.05) is 6.07 Å². The maximum atomic E-state index is 12.1. The maximum absolute atomic E-state index is 12.1. The van der Waals surface area contributed by atoms with Crippen molar-refractivity contribution in [3.63, 3.8) is 0 Å². The third-order valence-corrected chi connectivity index (χ3v) is 3.82. The van der Waals surface area contributed by atoms with Crippen LogP contribution in [0.4, 0.5) is 0 Å². The van der Waals surface area contributed by atoms with E-state index in [2.05, 4.69) is 11.4 Å². The summed E-state index contributed by atoms with van der Waals surface area (Å²) in [6.45, 7) is 3.17. The van der Waals surface area contributed by atoms with E-state index in [0.717, 1.165) is 12.8 Å². The number of hydrogen-bond donors (Lipinski definition) is 1. The average Bonchev–Trinajstić information content (AvgIpc) is 3.27. The number of nitriles is 2. The average molecular weight is 284 g/mol. The molecule has 6 nitrogen and oxygen atoms in total. The van der Waals surface area contributed by atoms with E-state index in [4.69, 9.17) is 5.26 Å². The Morgan fingerprint density at radius 2 is 2.19 bits per heavy atom. The molecule has 1 aromatic rings. The second-order valence-electron chi connectivity index (χ2n) is 5.56. The highest BCUT2D eigenvalue weighted by Gasteiger charge is 2.42. The first-order chi connectivity index (χ1) is 9.91. The standard InChI is InChI=1S/C15H16N4O2/c1-10-5-6-19(14(21)12(10)7-16)8-13(20)18-15(2,9-17)11-3-4-11/h5-6,11H,3-4,8H2,1-2H3,(H,18,20)/t15-/m1/s1. The zero-order valence-corrected chi connectivity index (χ0v) is 12.0. The van der Waals surface area contributed by atoms with Crippen molar-refractivity contribution in [1.29, 1.82) is 10.5 Å². The summed E-state index contributed by atoms with van der Waals surface area (Å²) >= 11 is 0. The first-order valence-electron chi connectivity index (χ1n) is 6.73. The maximum Gasteiger partial charge on any atom is 0.269 e. The Labute approximate surface area is 122 Å². The molecule has 0 aliphatic heterocycles. The van der Waals surface area contributed by atoms with Crippen molar-refractivity contribution < 1.29 is 4.79 Å². The monoisotopic (exact) mass is 284 g/mol. The summed E-state index contributed by atoms with van der Waals surface area (Å²) in [6, 6.07) is 5.60. The number of aromatic nitrogens is 1. The number of rotatable bonds is 4. The molecule has 1 amide bonds. The molecular weight excluding hydrogens is 268 g/mol. The quantitative estimate of drug-likeness (QED) is 0.885. The van der Waals surface area contributed by atoms with Crippen LogP contribution in [0.3, 0.4) is 0 Å². The smallest absolute Gasteiger partial charge is 0.269 e. The molecule has 1 N–H and O–H groups in total. The largest absolute Gasteiger partial charge is 0.336 e. The van der Waals surface area contributed by atoms with Gasteiger partial charge in [0.15, 0.2) is 0 Å². The van der Waals surface area contributed by atoms with Gasteiger partial charge in [0.25, 0.3) is 5.56 Å². The van der Waals surface area contributed by atoms with Gasteiger partial charge in [-0.15, -0.1) is 0 Å². The SMILES string of the molecule is Cc1ccn(CC(=O)N[C@](C)(C#N)C2CC2)c(=O)c1C#N. The van der Waals surface area contributed by atoms with Crippen LogP contribution in [0, 0.1) is 35.5 Å². The van der Waals surface area contributed by atoms with Crippen molar-refractivity contribution >= 4 is 5.91 Å². The van der Waals surface area contributed by atoms with Gasteiger partial charge in [-0.1, -0.05) is 0 Å². The van der Waals surface area contributed by atoms with E-state index < -0.39 is 17.0 Å². The third kappa shape index (κ3) is 2.95. The van der Waals surface area contributed by atoms with Crippen molar-refractivity contribution in [2.75, 3.05) is 0 Å². The first kappa shape index (κ1) is 14.8. The van der Waals surface area contributed by atoms with Crippen LogP contribution in [0.25, 0.3) is 0 Å². The number of aryl methyl sites for hydroxylation is 1. The van der Waals surface area contributed by atoms with Crippen LogP contribution in [0.5, 0.6) is 0 Å². The molecule has 0 aromatic carbocycles. The van der Waals surface area contributed by atoms with Crippen LogP contribution in [0.1, 0.15) is 30.9 Å².